The summed E-state index contributed by atoms with van der Waals surface area (Å²) in [5.74, 6) is -1.82. The van der Waals surface area contributed by atoms with Gasteiger partial charge in [-0.25, -0.2) is 8.42 Å². The van der Waals surface area contributed by atoms with Crippen LogP contribution in [-0.2, 0) is 32.3 Å². The van der Waals surface area contributed by atoms with Gasteiger partial charge in [0.25, 0.3) is 5.91 Å². The minimum Gasteiger partial charge on any atom is -0.466 e. The number of hydrogen-bond donors (Lipinski definition) is 1. The molecule has 9 nitrogen and oxygen atoms in total. The first-order valence-corrected chi connectivity index (χ1v) is 16.6. The first-order chi connectivity index (χ1) is 20.8. The van der Waals surface area contributed by atoms with Gasteiger partial charge in [0.2, 0.25) is 0 Å². The fraction of sp³-hybridized carbons (Fsp3) is 0.621. The molecule has 1 amide bonds. The number of carbonyl (C=O) groups is 2. The molecule has 1 heterocycles. The summed E-state index contributed by atoms with van der Waals surface area (Å²) in [6, 6.07) is 3.69. The predicted octanol–water partition coefficient (Wildman–Crippen LogP) is 6.22. The van der Waals surface area contributed by atoms with Crippen LogP contribution in [0, 0.1) is 10.8 Å². The van der Waals surface area contributed by atoms with Gasteiger partial charge in [-0.05, 0) is 63.6 Å². The van der Waals surface area contributed by atoms with Gasteiger partial charge in [-0.2, -0.15) is 27.1 Å². The number of sulfone groups is 1. The Bertz CT molecular complexity index is 1500. The molecule has 1 aliphatic carbocycles. The Morgan fingerprint density at radius 1 is 1.18 bits per heavy atom. The average Bonchev–Trinajstić information content (AvgIpc) is 3.26. The van der Waals surface area contributed by atoms with Crippen LogP contribution in [0.15, 0.2) is 18.2 Å². The summed E-state index contributed by atoms with van der Waals surface area (Å²) in [7, 11) is -3.33. The van der Waals surface area contributed by atoms with Crippen LogP contribution in [0.3, 0.4) is 0 Å². The third kappa shape index (κ3) is 8.27. The van der Waals surface area contributed by atoms with E-state index in [2.05, 4.69) is 15.2 Å². The minimum absolute atomic E-state index is 0.0235. The van der Waals surface area contributed by atoms with Gasteiger partial charge in [-0.15, -0.1) is 0 Å². The van der Waals surface area contributed by atoms with E-state index in [4.69, 9.17) is 16.3 Å². The van der Waals surface area contributed by atoms with Crippen LogP contribution in [0.4, 0.5) is 22.0 Å². The van der Waals surface area contributed by atoms with Crippen LogP contribution >= 0.6 is 11.6 Å². The second-order valence-electron chi connectivity index (χ2n) is 11.8. The van der Waals surface area contributed by atoms with Crippen molar-refractivity contribution < 1.29 is 49.4 Å². The quantitative estimate of drug-likeness (QED) is 0.208. The molecule has 45 heavy (non-hydrogen) atoms. The molecule has 1 saturated carbocycles. The van der Waals surface area contributed by atoms with Gasteiger partial charge in [0, 0.05) is 24.9 Å². The maximum absolute atomic E-state index is 13.5. The number of aryl methyl sites for hydroxylation is 1. The number of rotatable bonds is 12. The number of nitrogens with one attached hydrogen (secondary N) is 1. The topological polar surface area (TPSA) is 117 Å². The van der Waals surface area contributed by atoms with E-state index < -0.39 is 62.8 Å². The molecule has 1 N–H and O–H groups in total. The molecule has 2 aromatic rings. The predicted molar refractivity (Wildman–Crippen MR) is 157 cm³/mol. The van der Waals surface area contributed by atoms with Crippen molar-refractivity contribution in [2.45, 2.75) is 84.4 Å². The summed E-state index contributed by atoms with van der Waals surface area (Å²) in [5, 5.41) is 6.03. The highest BCUT2D eigenvalue weighted by molar-refractivity contribution is 7.91. The summed E-state index contributed by atoms with van der Waals surface area (Å²) < 4.78 is 103. The fourth-order valence-corrected chi connectivity index (χ4v) is 6.81. The molecule has 1 aromatic carbocycles. The van der Waals surface area contributed by atoms with Crippen molar-refractivity contribution in [3.05, 3.63) is 34.5 Å². The largest absolute Gasteiger partial charge is 0.466 e. The van der Waals surface area contributed by atoms with E-state index in [1.807, 2.05) is 0 Å². The van der Waals surface area contributed by atoms with E-state index in [1.54, 1.807) is 13.8 Å². The Morgan fingerprint density at radius 3 is 2.31 bits per heavy atom. The number of amides is 1. The molecule has 0 aliphatic heterocycles. The number of hydrogen-bond acceptors (Lipinski definition) is 7. The molecular formula is C29H37ClF5N3O6S. The SMILES string of the molecule is CCOC(=O)[C@]1(CNC(=O)c2nn(CC)c(-c3ccc(CC(C)(C)C(F)(F)F)cc3OC(F)F)c2Cl)CC[C@@H](S(C)(=O)=O)CC1. The first kappa shape index (κ1) is 36.5. The van der Waals surface area contributed by atoms with Crippen molar-refractivity contribution in [2.75, 3.05) is 19.4 Å². The third-order valence-electron chi connectivity index (χ3n) is 8.13. The number of carbonyl (C=O) groups excluding carboxylic acids is 2. The van der Waals surface area contributed by atoms with Crippen molar-refractivity contribution in [1.29, 1.82) is 0 Å². The van der Waals surface area contributed by atoms with Gasteiger partial charge in [-0.1, -0.05) is 31.5 Å². The van der Waals surface area contributed by atoms with Gasteiger partial charge < -0.3 is 14.8 Å². The molecule has 0 unspecified atom stereocenters. The van der Waals surface area contributed by atoms with E-state index in [-0.39, 0.29) is 72.9 Å². The number of benzene rings is 1. The lowest BCUT2D eigenvalue weighted by Gasteiger charge is -2.37. The van der Waals surface area contributed by atoms with Crippen molar-refractivity contribution in [1.82, 2.24) is 15.1 Å². The normalized spacial score (nSPS) is 19.4. The van der Waals surface area contributed by atoms with Gasteiger partial charge >= 0.3 is 18.8 Å². The second-order valence-corrected chi connectivity index (χ2v) is 14.5. The Morgan fingerprint density at radius 2 is 1.80 bits per heavy atom. The minimum atomic E-state index is -4.55. The van der Waals surface area contributed by atoms with E-state index in [0.29, 0.717) is 0 Å². The Balaban J connectivity index is 1.95. The number of nitrogens with zero attached hydrogens (tertiary/aromatic N) is 2. The molecule has 16 heteroatoms. The van der Waals surface area contributed by atoms with Crippen molar-refractivity contribution in [3.63, 3.8) is 0 Å². The molecule has 0 bridgehead atoms. The zero-order valence-corrected chi connectivity index (χ0v) is 27.1. The van der Waals surface area contributed by atoms with Crippen LogP contribution in [0.25, 0.3) is 11.3 Å². The second kappa shape index (κ2) is 13.8. The van der Waals surface area contributed by atoms with E-state index >= 15 is 0 Å². The Labute approximate surface area is 263 Å². The number of alkyl halides is 5. The van der Waals surface area contributed by atoms with Gasteiger partial charge in [0.15, 0.2) is 5.69 Å². The fourth-order valence-electron chi connectivity index (χ4n) is 5.39. The summed E-state index contributed by atoms with van der Waals surface area (Å²) in [6.45, 7) is 1.95. The number of ether oxygens (including phenoxy) is 2. The Kier molecular flexibility index (Phi) is 11.2. The standard InChI is InChI=1S/C29H37ClF5N3O6S/c1-6-38-23(19-9-8-17(14-20(19)44-26(31)32)15-27(3,4)29(33,34)35)21(30)22(37-38)24(39)36-16-28(25(40)43-7-2)12-10-18(11-13-28)45(5,41)42/h8-9,14,18,26H,6-7,10-13,15-16H2,1-5H3,(H,36,39)/t18-,28-. The molecule has 252 valence electrons. The molecule has 1 fully saturated rings. The van der Waals surface area contributed by atoms with Crippen LogP contribution in [-0.4, -0.2) is 67.5 Å². The molecule has 0 spiro atoms. The average molecular weight is 686 g/mol. The molecule has 3 rings (SSSR count). The number of esters is 1. The zero-order chi connectivity index (χ0) is 34.0. The summed E-state index contributed by atoms with van der Waals surface area (Å²) in [5.41, 5.74) is -3.55. The highest BCUT2D eigenvalue weighted by Gasteiger charge is 2.47. The summed E-state index contributed by atoms with van der Waals surface area (Å²) in [4.78, 5) is 26.3. The van der Waals surface area contributed by atoms with E-state index in [1.165, 1.54) is 16.8 Å². The number of aromatic nitrogens is 2. The van der Waals surface area contributed by atoms with E-state index in [0.717, 1.165) is 26.2 Å². The number of halogens is 6. The molecule has 0 radical (unpaired) electrons. The van der Waals surface area contributed by atoms with Gasteiger partial charge in [0.05, 0.1) is 33.4 Å². The molecule has 1 aromatic heterocycles. The molecular weight excluding hydrogens is 649 g/mol. The highest BCUT2D eigenvalue weighted by Crippen LogP contribution is 2.43. The first-order valence-electron chi connectivity index (χ1n) is 14.3. The lowest BCUT2D eigenvalue weighted by Crippen LogP contribution is -2.47. The van der Waals surface area contributed by atoms with Gasteiger partial charge in [0.1, 0.15) is 15.6 Å². The monoisotopic (exact) mass is 685 g/mol. The van der Waals surface area contributed by atoms with Crippen LogP contribution < -0.4 is 10.1 Å². The maximum Gasteiger partial charge on any atom is 0.394 e. The lowest BCUT2D eigenvalue weighted by atomic mass is 9.73. The van der Waals surface area contributed by atoms with Crippen molar-refractivity contribution in [2.24, 2.45) is 10.8 Å². The zero-order valence-electron chi connectivity index (χ0n) is 25.6. The maximum atomic E-state index is 13.5. The summed E-state index contributed by atoms with van der Waals surface area (Å²) >= 11 is 6.60. The van der Waals surface area contributed by atoms with Crippen LogP contribution in [0.2, 0.25) is 5.02 Å². The van der Waals surface area contributed by atoms with Crippen LogP contribution in [0.1, 0.15) is 69.4 Å². The summed E-state index contributed by atoms with van der Waals surface area (Å²) in [6.07, 6.45) is -3.23. The third-order valence-corrected chi connectivity index (χ3v) is 10.2. The lowest BCUT2D eigenvalue weighted by molar-refractivity contribution is -0.211. The smallest absolute Gasteiger partial charge is 0.394 e. The van der Waals surface area contributed by atoms with Gasteiger partial charge in [-0.3, -0.25) is 14.3 Å². The molecule has 1 aliphatic rings. The molecule has 0 atom stereocenters. The van der Waals surface area contributed by atoms with Crippen molar-refractivity contribution in [3.8, 4) is 17.0 Å². The van der Waals surface area contributed by atoms with Crippen molar-refractivity contribution >= 4 is 33.3 Å². The van der Waals surface area contributed by atoms with Crippen LogP contribution in [0.5, 0.6) is 5.75 Å². The van der Waals surface area contributed by atoms with E-state index in [9.17, 15) is 40.0 Å². The molecule has 0 saturated heterocycles. The Hall–Kier alpha value is -2.94. The highest BCUT2D eigenvalue weighted by atomic mass is 35.5.